The Labute approximate surface area is 171 Å². The van der Waals surface area contributed by atoms with Crippen LogP contribution in [0.3, 0.4) is 0 Å². The summed E-state index contributed by atoms with van der Waals surface area (Å²) in [5.74, 6) is -0.384. The molecule has 1 fully saturated rings. The fraction of sp³-hybridized carbons (Fsp3) is 0.391. The van der Waals surface area contributed by atoms with Gasteiger partial charge in [-0.15, -0.1) is 0 Å². The van der Waals surface area contributed by atoms with Gasteiger partial charge in [0.25, 0.3) is 5.91 Å². The third kappa shape index (κ3) is 5.87. The van der Waals surface area contributed by atoms with Crippen molar-refractivity contribution in [2.45, 2.75) is 45.7 Å². The smallest absolute Gasteiger partial charge is 0.253 e. The molecule has 0 aliphatic carbocycles. The van der Waals surface area contributed by atoms with Gasteiger partial charge in [0.05, 0.1) is 0 Å². The van der Waals surface area contributed by atoms with Gasteiger partial charge in [0, 0.05) is 43.9 Å². The monoisotopic (exact) mass is 397 g/mol. The summed E-state index contributed by atoms with van der Waals surface area (Å²) in [6, 6.07) is 12.3. The second kappa shape index (κ2) is 9.65. The first kappa shape index (κ1) is 21.0. The molecule has 3 rings (SSSR count). The number of nitrogens with one attached hydrogen (secondary N) is 2. The number of rotatable bonds is 7. The maximum Gasteiger partial charge on any atom is 0.253 e. The predicted molar refractivity (Wildman–Crippen MR) is 112 cm³/mol. The van der Waals surface area contributed by atoms with E-state index in [1.165, 1.54) is 13.0 Å². The van der Waals surface area contributed by atoms with Crippen molar-refractivity contribution in [1.29, 1.82) is 0 Å². The molecule has 0 saturated carbocycles. The minimum atomic E-state index is -0.202. The van der Waals surface area contributed by atoms with Crippen LogP contribution in [0.5, 0.6) is 0 Å². The van der Waals surface area contributed by atoms with Crippen LogP contribution in [0, 0.1) is 5.82 Å². The van der Waals surface area contributed by atoms with E-state index in [0.717, 1.165) is 31.5 Å². The number of hydrogen-bond donors (Lipinski definition) is 2. The Bertz CT molecular complexity index is 878. The first-order valence-corrected chi connectivity index (χ1v) is 10.1. The normalized spacial score (nSPS) is 14.7. The fourth-order valence-corrected chi connectivity index (χ4v) is 3.65. The molecule has 0 bridgehead atoms. The second-order valence-electron chi connectivity index (χ2n) is 7.68. The zero-order chi connectivity index (χ0) is 20.8. The van der Waals surface area contributed by atoms with Crippen molar-refractivity contribution in [3.8, 4) is 0 Å². The maximum absolute atomic E-state index is 13.9. The molecule has 0 radical (unpaired) electrons. The van der Waals surface area contributed by atoms with Crippen LogP contribution in [0.15, 0.2) is 42.5 Å². The third-order valence-electron chi connectivity index (χ3n) is 5.09. The van der Waals surface area contributed by atoms with E-state index in [-0.39, 0.29) is 23.7 Å². The Balaban J connectivity index is 1.71. The predicted octanol–water partition coefficient (Wildman–Crippen LogP) is 3.74. The highest BCUT2D eigenvalue weighted by Crippen LogP contribution is 2.20. The molecule has 2 amide bonds. The van der Waals surface area contributed by atoms with E-state index in [1.807, 2.05) is 30.0 Å². The SMILES string of the molecule is CC(=O)Nc1cc(CNC(C)Cc2ccccc2F)cc(C(=O)N2CCCC2)c1. The summed E-state index contributed by atoms with van der Waals surface area (Å²) in [6.45, 7) is 5.51. The zero-order valence-electron chi connectivity index (χ0n) is 17.0. The van der Waals surface area contributed by atoms with Crippen molar-refractivity contribution in [1.82, 2.24) is 10.2 Å². The van der Waals surface area contributed by atoms with Crippen LogP contribution in [-0.2, 0) is 17.8 Å². The highest BCUT2D eigenvalue weighted by molar-refractivity contribution is 5.97. The lowest BCUT2D eigenvalue weighted by molar-refractivity contribution is -0.114. The van der Waals surface area contributed by atoms with Gasteiger partial charge in [-0.1, -0.05) is 18.2 Å². The Morgan fingerprint density at radius 3 is 2.55 bits per heavy atom. The number of carbonyl (C=O) groups excluding carboxylic acids is 2. The average Bonchev–Trinajstić information content (AvgIpc) is 3.22. The van der Waals surface area contributed by atoms with Crippen LogP contribution in [-0.4, -0.2) is 35.8 Å². The van der Waals surface area contributed by atoms with Crippen LogP contribution in [0.25, 0.3) is 0 Å². The number of carbonyl (C=O) groups is 2. The van der Waals surface area contributed by atoms with E-state index >= 15 is 0 Å². The van der Waals surface area contributed by atoms with Gasteiger partial charge in [0.1, 0.15) is 5.82 Å². The van der Waals surface area contributed by atoms with Crippen molar-refractivity contribution >= 4 is 17.5 Å². The quantitative estimate of drug-likeness (QED) is 0.748. The van der Waals surface area contributed by atoms with Crippen LogP contribution in [0.4, 0.5) is 10.1 Å². The number of hydrogen-bond acceptors (Lipinski definition) is 3. The molecule has 6 heteroatoms. The van der Waals surface area contributed by atoms with E-state index < -0.39 is 0 Å². The highest BCUT2D eigenvalue weighted by Gasteiger charge is 2.20. The van der Waals surface area contributed by atoms with E-state index in [4.69, 9.17) is 0 Å². The van der Waals surface area contributed by atoms with Crippen molar-refractivity contribution in [3.63, 3.8) is 0 Å². The maximum atomic E-state index is 13.9. The summed E-state index contributed by atoms with van der Waals surface area (Å²) in [5, 5.41) is 6.17. The first-order chi connectivity index (χ1) is 13.9. The van der Waals surface area contributed by atoms with E-state index in [1.54, 1.807) is 18.2 Å². The molecule has 1 aliphatic heterocycles. The van der Waals surface area contributed by atoms with Gasteiger partial charge in [-0.3, -0.25) is 9.59 Å². The lowest BCUT2D eigenvalue weighted by Crippen LogP contribution is -2.29. The van der Waals surface area contributed by atoms with E-state index in [9.17, 15) is 14.0 Å². The van der Waals surface area contributed by atoms with Gasteiger partial charge in [0.15, 0.2) is 0 Å². The molecule has 1 unspecified atom stereocenters. The van der Waals surface area contributed by atoms with Crippen LogP contribution in [0.2, 0.25) is 0 Å². The van der Waals surface area contributed by atoms with Gasteiger partial charge in [-0.05, 0) is 61.6 Å². The third-order valence-corrected chi connectivity index (χ3v) is 5.09. The molecular formula is C23H28FN3O2. The van der Waals surface area contributed by atoms with Crippen molar-refractivity contribution < 1.29 is 14.0 Å². The number of amides is 2. The molecule has 1 atom stereocenters. The van der Waals surface area contributed by atoms with Crippen molar-refractivity contribution in [2.24, 2.45) is 0 Å². The summed E-state index contributed by atoms with van der Waals surface area (Å²) in [4.78, 5) is 26.2. The van der Waals surface area contributed by atoms with Gasteiger partial charge in [-0.2, -0.15) is 0 Å². The number of halogens is 1. The van der Waals surface area contributed by atoms with E-state index in [0.29, 0.717) is 29.8 Å². The Morgan fingerprint density at radius 2 is 1.86 bits per heavy atom. The molecular weight excluding hydrogens is 369 g/mol. The molecule has 1 saturated heterocycles. The summed E-state index contributed by atoms with van der Waals surface area (Å²) >= 11 is 0. The van der Waals surface area contributed by atoms with Crippen LogP contribution >= 0.6 is 0 Å². The minimum Gasteiger partial charge on any atom is -0.339 e. The largest absolute Gasteiger partial charge is 0.339 e. The number of likely N-dealkylation sites (tertiary alicyclic amines) is 1. The second-order valence-corrected chi connectivity index (χ2v) is 7.68. The molecule has 154 valence electrons. The molecule has 0 aromatic heterocycles. The lowest BCUT2D eigenvalue weighted by atomic mass is 10.0. The molecule has 5 nitrogen and oxygen atoms in total. The van der Waals surface area contributed by atoms with Crippen molar-refractivity contribution in [3.05, 3.63) is 65.0 Å². The zero-order valence-corrected chi connectivity index (χ0v) is 17.0. The number of anilines is 1. The summed E-state index contributed by atoms with van der Waals surface area (Å²) in [6.07, 6.45) is 2.62. The number of benzene rings is 2. The van der Waals surface area contributed by atoms with Gasteiger partial charge >= 0.3 is 0 Å². The van der Waals surface area contributed by atoms with E-state index in [2.05, 4.69) is 10.6 Å². The topological polar surface area (TPSA) is 61.4 Å². The molecule has 2 N–H and O–H groups in total. The number of nitrogens with zero attached hydrogens (tertiary/aromatic N) is 1. The van der Waals surface area contributed by atoms with Crippen molar-refractivity contribution in [2.75, 3.05) is 18.4 Å². The molecule has 0 spiro atoms. The first-order valence-electron chi connectivity index (χ1n) is 10.1. The van der Waals surface area contributed by atoms with Gasteiger partial charge in [0.2, 0.25) is 5.91 Å². The molecule has 1 aliphatic rings. The van der Waals surface area contributed by atoms with Gasteiger partial charge in [-0.25, -0.2) is 4.39 Å². The fourth-order valence-electron chi connectivity index (χ4n) is 3.65. The van der Waals surface area contributed by atoms with Gasteiger partial charge < -0.3 is 15.5 Å². The lowest BCUT2D eigenvalue weighted by Gasteiger charge is -2.18. The molecule has 2 aromatic carbocycles. The molecule has 2 aromatic rings. The Kier molecular flexibility index (Phi) is 6.99. The minimum absolute atomic E-state index is 0.00430. The van der Waals surface area contributed by atoms with Crippen LogP contribution in [0.1, 0.15) is 48.2 Å². The molecule has 1 heterocycles. The average molecular weight is 397 g/mol. The summed E-state index contributed by atoms with van der Waals surface area (Å²) < 4.78 is 13.9. The molecule has 29 heavy (non-hydrogen) atoms. The van der Waals surface area contributed by atoms with Crippen LogP contribution < -0.4 is 10.6 Å². The standard InChI is InChI=1S/C23H28FN3O2/c1-16(11-19-7-3-4-8-22(19)24)25-15-18-12-20(14-21(13-18)26-17(2)28)23(29)27-9-5-6-10-27/h3-4,7-8,12-14,16,25H,5-6,9-11,15H2,1-2H3,(H,26,28). The summed E-state index contributed by atoms with van der Waals surface area (Å²) in [5.41, 5.74) is 2.77. The Hall–Kier alpha value is -2.73. The summed E-state index contributed by atoms with van der Waals surface area (Å²) in [7, 11) is 0. The Morgan fingerprint density at radius 1 is 1.14 bits per heavy atom. The highest BCUT2D eigenvalue weighted by atomic mass is 19.1.